The molecule has 1 N–H and O–H groups in total. The maximum atomic E-state index is 12.4. The molecule has 4 nitrogen and oxygen atoms in total. The number of amides is 1. The summed E-state index contributed by atoms with van der Waals surface area (Å²) < 4.78 is 5.66. The molecule has 0 atom stereocenters. The van der Waals surface area contributed by atoms with E-state index < -0.39 is 0 Å². The van der Waals surface area contributed by atoms with Gasteiger partial charge in [-0.1, -0.05) is 38.7 Å². The number of unbranched alkanes of at least 4 members (excludes halogenated alkanes) is 1. The highest BCUT2D eigenvalue weighted by molar-refractivity contribution is 7.80. The van der Waals surface area contributed by atoms with Crippen LogP contribution < -0.4 is 10.1 Å². The number of hydrogen-bond donors (Lipinski definition) is 1. The molecule has 2 rings (SSSR count). The van der Waals surface area contributed by atoms with Crippen molar-refractivity contribution in [3.63, 3.8) is 0 Å². The highest BCUT2D eigenvalue weighted by Crippen LogP contribution is 2.21. The minimum Gasteiger partial charge on any atom is -0.494 e. The van der Waals surface area contributed by atoms with Crippen LogP contribution in [0.3, 0.4) is 0 Å². The molecule has 5 heteroatoms. The van der Waals surface area contributed by atoms with Gasteiger partial charge in [0.25, 0.3) is 5.91 Å². The molecule has 0 bridgehead atoms. The molecule has 0 radical (unpaired) electrons. The molecule has 0 heterocycles. The van der Waals surface area contributed by atoms with E-state index in [0.29, 0.717) is 23.3 Å². The summed E-state index contributed by atoms with van der Waals surface area (Å²) in [5.41, 5.74) is 0.573. The van der Waals surface area contributed by atoms with Crippen LogP contribution in [0.5, 0.6) is 5.75 Å². The first-order valence-electron chi connectivity index (χ1n) is 8.93. The van der Waals surface area contributed by atoms with Gasteiger partial charge in [-0.25, -0.2) is 0 Å². The average molecular weight is 349 g/mol. The standard InChI is InChI=1S/C19H28N2O2S/c1-3-4-13-23-17-12-8-9-15(14-17)18(22)20-19(24)21(2)16-10-6-5-7-11-16/h8-9,12,14,16H,3-7,10-11,13H2,1-2H3,(H,20,22,24). The summed E-state index contributed by atoms with van der Waals surface area (Å²) in [7, 11) is 1.98. The predicted octanol–water partition coefficient (Wildman–Crippen LogP) is 4.14. The fourth-order valence-corrected chi connectivity index (χ4v) is 3.19. The van der Waals surface area contributed by atoms with Crippen LogP contribution in [-0.2, 0) is 0 Å². The molecule has 0 spiro atoms. The third kappa shape index (κ3) is 5.48. The van der Waals surface area contributed by atoms with Crippen LogP contribution in [-0.4, -0.2) is 35.6 Å². The van der Waals surface area contributed by atoms with E-state index in [-0.39, 0.29) is 5.91 Å². The molecule has 1 fully saturated rings. The number of ether oxygens (including phenoxy) is 1. The number of nitrogens with zero attached hydrogens (tertiary/aromatic N) is 1. The number of benzene rings is 1. The molecule has 0 saturated heterocycles. The van der Waals surface area contributed by atoms with E-state index in [1.54, 1.807) is 12.1 Å². The number of thiocarbonyl (C=S) groups is 1. The Morgan fingerprint density at radius 3 is 2.79 bits per heavy atom. The van der Waals surface area contributed by atoms with Gasteiger partial charge < -0.3 is 9.64 Å². The Morgan fingerprint density at radius 1 is 1.33 bits per heavy atom. The Bertz CT molecular complexity index is 556. The van der Waals surface area contributed by atoms with Crippen molar-refractivity contribution < 1.29 is 9.53 Å². The average Bonchev–Trinajstić information content (AvgIpc) is 2.62. The minimum atomic E-state index is -0.177. The van der Waals surface area contributed by atoms with Gasteiger partial charge in [0.05, 0.1) is 6.61 Å². The highest BCUT2D eigenvalue weighted by Gasteiger charge is 2.21. The van der Waals surface area contributed by atoms with Crippen molar-refractivity contribution in [2.24, 2.45) is 0 Å². The summed E-state index contributed by atoms with van der Waals surface area (Å²) in [5.74, 6) is 0.547. The monoisotopic (exact) mass is 348 g/mol. The van der Waals surface area contributed by atoms with Gasteiger partial charge in [0.1, 0.15) is 5.75 Å². The van der Waals surface area contributed by atoms with Gasteiger partial charge in [-0.05, 0) is 49.7 Å². The lowest BCUT2D eigenvalue weighted by Gasteiger charge is -2.32. The third-order valence-electron chi connectivity index (χ3n) is 4.53. The van der Waals surface area contributed by atoms with Crippen molar-refractivity contribution in [2.45, 2.75) is 57.9 Å². The summed E-state index contributed by atoms with van der Waals surface area (Å²) in [6.07, 6.45) is 8.16. The van der Waals surface area contributed by atoms with Crippen LogP contribution in [0.15, 0.2) is 24.3 Å². The fraction of sp³-hybridized carbons (Fsp3) is 0.579. The molecule has 0 aliphatic heterocycles. The fourth-order valence-electron chi connectivity index (χ4n) is 2.95. The quantitative estimate of drug-likeness (QED) is 0.619. The molecule has 1 saturated carbocycles. The molecule has 0 unspecified atom stereocenters. The number of carbonyl (C=O) groups is 1. The molecular weight excluding hydrogens is 320 g/mol. The van der Waals surface area contributed by atoms with Crippen molar-refractivity contribution >= 4 is 23.2 Å². The lowest BCUT2D eigenvalue weighted by molar-refractivity contribution is 0.0971. The van der Waals surface area contributed by atoms with E-state index in [2.05, 4.69) is 12.2 Å². The summed E-state index contributed by atoms with van der Waals surface area (Å²) in [6, 6.07) is 7.71. The van der Waals surface area contributed by atoms with Gasteiger partial charge in [-0.2, -0.15) is 0 Å². The number of carbonyl (C=O) groups excluding carboxylic acids is 1. The van der Waals surface area contributed by atoms with Crippen molar-refractivity contribution in [3.8, 4) is 5.75 Å². The second-order valence-corrected chi connectivity index (χ2v) is 6.78. The first-order valence-corrected chi connectivity index (χ1v) is 9.33. The van der Waals surface area contributed by atoms with E-state index in [1.165, 1.54) is 19.3 Å². The Labute approximate surface area is 150 Å². The van der Waals surface area contributed by atoms with Gasteiger partial charge in [0.2, 0.25) is 0 Å². The Morgan fingerprint density at radius 2 is 2.08 bits per heavy atom. The number of hydrogen-bond acceptors (Lipinski definition) is 3. The lowest BCUT2D eigenvalue weighted by Crippen LogP contribution is -2.46. The van der Waals surface area contributed by atoms with Crippen LogP contribution in [0.1, 0.15) is 62.2 Å². The minimum absolute atomic E-state index is 0.177. The van der Waals surface area contributed by atoms with Crippen molar-refractivity contribution in [1.82, 2.24) is 10.2 Å². The molecule has 1 aromatic carbocycles. The number of nitrogens with one attached hydrogen (secondary N) is 1. The van der Waals surface area contributed by atoms with Gasteiger partial charge in [0, 0.05) is 18.7 Å². The molecule has 1 amide bonds. The van der Waals surface area contributed by atoms with E-state index in [1.807, 2.05) is 24.1 Å². The van der Waals surface area contributed by atoms with Crippen LogP contribution >= 0.6 is 12.2 Å². The summed E-state index contributed by atoms with van der Waals surface area (Å²) in [5, 5.41) is 3.35. The Kier molecular flexibility index (Phi) is 7.50. The van der Waals surface area contributed by atoms with Crippen LogP contribution in [0, 0.1) is 0 Å². The van der Waals surface area contributed by atoms with E-state index >= 15 is 0 Å². The van der Waals surface area contributed by atoms with Crippen molar-refractivity contribution in [1.29, 1.82) is 0 Å². The zero-order valence-electron chi connectivity index (χ0n) is 14.7. The van der Waals surface area contributed by atoms with E-state index in [9.17, 15) is 4.79 Å². The summed E-state index contributed by atoms with van der Waals surface area (Å²) in [4.78, 5) is 14.5. The van der Waals surface area contributed by atoms with Gasteiger partial charge in [0.15, 0.2) is 5.11 Å². The van der Waals surface area contributed by atoms with Crippen molar-refractivity contribution in [2.75, 3.05) is 13.7 Å². The predicted molar refractivity (Wildman–Crippen MR) is 102 cm³/mol. The zero-order chi connectivity index (χ0) is 17.4. The van der Waals surface area contributed by atoms with E-state index in [0.717, 1.165) is 31.4 Å². The van der Waals surface area contributed by atoms with Crippen molar-refractivity contribution in [3.05, 3.63) is 29.8 Å². The highest BCUT2D eigenvalue weighted by atomic mass is 32.1. The smallest absolute Gasteiger partial charge is 0.257 e. The largest absolute Gasteiger partial charge is 0.494 e. The van der Waals surface area contributed by atoms with Crippen LogP contribution in [0.25, 0.3) is 0 Å². The molecule has 1 aliphatic carbocycles. The van der Waals surface area contributed by atoms with Gasteiger partial charge in [-0.3, -0.25) is 10.1 Å². The number of rotatable bonds is 6. The SMILES string of the molecule is CCCCOc1cccc(C(=O)NC(=S)N(C)C2CCCCC2)c1. The first kappa shape index (κ1) is 18.7. The first-order chi connectivity index (χ1) is 11.6. The molecule has 1 aliphatic rings. The molecule has 132 valence electrons. The zero-order valence-corrected chi connectivity index (χ0v) is 15.5. The van der Waals surface area contributed by atoms with Crippen LogP contribution in [0.2, 0.25) is 0 Å². The molecule has 0 aromatic heterocycles. The maximum absolute atomic E-state index is 12.4. The molecule has 1 aromatic rings. The summed E-state index contributed by atoms with van der Waals surface area (Å²) >= 11 is 5.42. The lowest BCUT2D eigenvalue weighted by atomic mass is 9.95. The second-order valence-electron chi connectivity index (χ2n) is 6.39. The topological polar surface area (TPSA) is 41.6 Å². The van der Waals surface area contributed by atoms with Gasteiger partial charge in [-0.15, -0.1) is 0 Å². The Hall–Kier alpha value is -1.62. The van der Waals surface area contributed by atoms with Gasteiger partial charge >= 0.3 is 0 Å². The summed E-state index contributed by atoms with van der Waals surface area (Å²) in [6.45, 7) is 2.79. The Balaban J connectivity index is 1.91. The van der Waals surface area contributed by atoms with Crippen LogP contribution in [0.4, 0.5) is 0 Å². The second kappa shape index (κ2) is 9.62. The van der Waals surface area contributed by atoms with E-state index in [4.69, 9.17) is 17.0 Å². The normalized spacial score (nSPS) is 14.9. The maximum Gasteiger partial charge on any atom is 0.257 e. The third-order valence-corrected chi connectivity index (χ3v) is 4.92. The molecular formula is C19H28N2O2S. The molecule has 24 heavy (non-hydrogen) atoms.